The summed E-state index contributed by atoms with van der Waals surface area (Å²) < 4.78 is 5.27. The van der Waals surface area contributed by atoms with Crippen molar-refractivity contribution >= 4 is 17.5 Å². The van der Waals surface area contributed by atoms with Crippen molar-refractivity contribution < 1.29 is 14.6 Å². The second-order valence-corrected chi connectivity index (χ2v) is 4.14. The molecule has 1 aromatic heterocycles. The number of benzene rings is 1. The molecule has 0 aliphatic carbocycles. The zero-order chi connectivity index (χ0) is 14.5. The third-order valence-corrected chi connectivity index (χ3v) is 2.63. The van der Waals surface area contributed by atoms with Crippen LogP contribution < -0.4 is 10.1 Å². The molecule has 20 heavy (non-hydrogen) atoms. The molecular formula is C14H15N3O3. The number of carboxylic acids is 1. The van der Waals surface area contributed by atoms with E-state index in [4.69, 9.17) is 9.84 Å². The van der Waals surface area contributed by atoms with Gasteiger partial charge in [-0.15, -0.1) is 0 Å². The van der Waals surface area contributed by atoms with Crippen LogP contribution in [0, 0.1) is 6.92 Å². The van der Waals surface area contributed by atoms with Gasteiger partial charge in [0.25, 0.3) is 0 Å². The molecule has 0 amide bonds. The number of aromatic nitrogens is 2. The van der Waals surface area contributed by atoms with Gasteiger partial charge in [-0.1, -0.05) is 0 Å². The normalized spacial score (nSPS) is 10.1. The Morgan fingerprint density at radius 3 is 2.85 bits per heavy atom. The summed E-state index contributed by atoms with van der Waals surface area (Å²) in [6.45, 7) is 4.14. The third-order valence-electron chi connectivity index (χ3n) is 2.63. The van der Waals surface area contributed by atoms with Crippen LogP contribution in [0.1, 0.15) is 22.8 Å². The number of carbonyl (C=O) groups is 1. The standard InChI is InChI=1S/C14H15N3O3/c1-3-20-13-8-15-7-12(17-13)16-10-4-5-11(14(18)19)9(2)6-10/h4-8H,3H2,1-2H3,(H,16,17)(H,18,19). The molecular weight excluding hydrogens is 258 g/mol. The quantitative estimate of drug-likeness (QED) is 0.871. The summed E-state index contributed by atoms with van der Waals surface area (Å²) in [6.07, 6.45) is 3.11. The molecule has 0 aliphatic rings. The van der Waals surface area contributed by atoms with Gasteiger partial charge in [-0.3, -0.25) is 4.98 Å². The molecule has 0 fully saturated rings. The molecule has 2 rings (SSSR count). The van der Waals surface area contributed by atoms with E-state index in [2.05, 4.69) is 15.3 Å². The van der Waals surface area contributed by atoms with Gasteiger partial charge in [-0.2, -0.15) is 4.98 Å². The first-order chi connectivity index (χ1) is 9.60. The molecule has 0 saturated carbocycles. The minimum atomic E-state index is -0.938. The minimum absolute atomic E-state index is 0.282. The number of hydrogen-bond acceptors (Lipinski definition) is 5. The Balaban J connectivity index is 2.19. The van der Waals surface area contributed by atoms with Crippen molar-refractivity contribution in [2.75, 3.05) is 11.9 Å². The highest BCUT2D eigenvalue weighted by Gasteiger charge is 2.07. The fourth-order valence-corrected chi connectivity index (χ4v) is 1.76. The number of ether oxygens (including phenoxy) is 1. The smallest absolute Gasteiger partial charge is 0.335 e. The van der Waals surface area contributed by atoms with Crippen molar-refractivity contribution in [2.24, 2.45) is 0 Å². The molecule has 1 aromatic carbocycles. The number of nitrogens with one attached hydrogen (secondary N) is 1. The summed E-state index contributed by atoms with van der Waals surface area (Å²) in [5, 5.41) is 12.0. The van der Waals surface area contributed by atoms with Crippen molar-refractivity contribution in [3.05, 3.63) is 41.7 Å². The first-order valence-electron chi connectivity index (χ1n) is 6.16. The number of aryl methyl sites for hydroxylation is 1. The Morgan fingerprint density at radius 1 is 1.40 bits per heavy atom. The number of rotatable bonds is 5. The van der Waals surface area contributed by atoms with Crippen LogP contribution in [0.2, 0.25) is 0 Å². The minimum Gasteiger partial charge on any atom is -0.478 e. The Morgan fingerprint density at radius 2 is 2.20 bits per heavy atom. The molecule has 0 bridgehead atoms. The molecule has 2 aromatic rings. The topological polar surface area (TPSA) is 84.3 Å². The maximum atomic E-state index is 10.9. The molecule has 0 unspecified atom stereocenters. The molecule has 0 saturated heterocycles. The van der Waals surface area contributed by atoms with Crippen LogP contribution in [0.5, 0.6) is 5.88 Å². The Bertz CT molecular complexity index is 629. The lowest BCUT2D eigenvalue weighted by atomic mass is 10.1. The molecule has 6 heteroatoms. The van der Waals surface area contributed by atoms with E-state index in [-0.39, 0.29) is 5.56 Å². The van der Waals surface area contributed by atoms with Crippen molar-refractivity contribution in [3.8, 4) is 5.88 Å². The number of carboxylic acid groups (broad SMARTS) is 1. The molecule has 0 aliphatic heterocycles. The van der Waals surface area contributed by atoms with Crippen molar-refractivity contribution in [3.63, 3.8) is 0 Å². The summed E-state index contributed by atoms with van der Waals surface area (Å²) in [4.78, 5) is 19.2. The lowest BCUT2D eigenvalue weighted by Crippen LogP contribution is -2.02. The summed E-state index contributed by atoms with van der Waals surface area (Å²) >= 11 is 0. The summed E-state index contributed by atoms with van der Waals surface area (Å²) in [7, 11) is 0. The monoisotopic (exact) mass is 273 g/mol. The summed E-state index contributed by atoms with van der Waals surface area (Å²) in [5.41, 5.74) is 1.71. The van der Waals surface area contributed by atoms with E-state index in [1.165, 1.54) is 6.20 Å². The lowest BCUT2D eigenvalue weighted by Gasteiger charge is -2.09. The second-order valence-electron chi connectivity index (χ2n) is 4.14. The highest BCUT2D eigenvalue weighted by molar-refractivity contribution is 5.90. The zero-order valence-electron chi connectivity index (χ0n) is 11.3. The molecule has 1 heterocycles. The van der Waals surface area contributed by atoms with Gasteiger partial charge < -0.3 is 15.2 Å². The van der Waals surface area contributed by atoms with Crippen molar-refractivity contribution in [2.45, 2.75) is 13.8 Å². The van der Waals surface area contributed by atoms with Crippen LogP contribution in [0.3, 0.4) is 0 Å². The molecule has 0 atom stereocenters. The first-order valence-corrected chi connectivity index (χ1v) is 6.16. The van der Waals surface area contributed by atoms with Gasteiger partial charge in [0.1, 0.15) is 0 Å². The Labute approximate surface area is 116 Å². The van der Waals surface area contributed by atoms with Gasteiger partial charge in [0.05, 0.1) is 24.6 Å². The van der Waals surface area contributed by atoms with Crippen LogP contribution >= 0.6 is 0 Å². The third kappa shape index (κ3) is 3.23. The van der Waals surface area contributed by atoms with Gasteiger partial charge >= 0.3 is 5.97 Å². The largest absolute Gasteiger partial charge is 0.478 e. The van der Waals surface area contributed by atoms with E-state index in [1.807, 2.05) is 6.92 Å². The number of aromatic carboxylic acids is 1. The average Bonchev–Trinajstić information content (AvgIpc) is 2.39. The molecule has 104 valence electrons. The SMILES string of the molecule is CCOc1cncc(Nc2ccc(C(=O)O)c(C)c2)n1. The van der Waals surface area contributed by atoms with Gasteiger partial charge in [-0.25, -0.2) is 4.79 Å². The number of anilines is 2. The van der Waals surface area contributed by atoms with E-state index in [1.54, 1.807) is 31.3 Å². The molecule has 0 spiro atoms. The summed E-state index contributed by atoms with van der Waals surface area (Å²) in [5.74, 6) is 0.0435. The van der Waals surface area contributed by atoms with Crippen LogP contribution in [-0.2, 0) is 0 Å². The van der Waals surface area contributed by atoms with Crippen LogP contribution in [0.25, 0.3) is 0 Å². The van der Waals surface area contributed by atoms with Crippen LogP contribution in [0.15, 0.2) is 30.6 Å². The van der Waals surface area contributed by atoms with Gasteiger partial charge in [0.15, 0.2) is 5.82 Å². The predicted molar refractivity (Wildman–Crippen MR) is 74.6 cm³/mol. The van der Waals surface area contributed by atoms with E-state index >= 15 is 0 Å². The first kappa shape index (κ1) is 13.8. The number of hydrogen-bond donors (Lipinski definition) is 2. The average molecular weight is 273 g/mol. The highest BCUT2D eigenvalue weighted by atomic mass is 16.5. The second kappa shape index (κ2) is 6.01. The molecule has 2 N–H and O–H groups in total. The van der Waals surface area contributed by atoms with Crippen molar-refractivity contribution in [1.29, 1.82) is 0 Å². The summed E-state index contributed by atoms with van der Waals surface area (Å²) in [6, 6.07) is 4.99. The van der Waals surface area contributed by atoms with E-state index in [0.717, 1.165) is 5.69 Å². The van der Waals surface area contributed by atoms with Gasteiger partial charge in [0, 0.05) is 5.69 Å². The maximum absolute atomic E-state index is 10.9. The predicted octanol–water partition coefficient (Wildman–Crippen LogP) is 2.63. The molecule has 6 nitrogen and oxygen atoms in total. The fourth-order valence-electron chi connectivity index (χ4n) is 1.76. The fraction of sp³-hybridized carbons (Fsp3) is 0.214. The zero-order valence-corrected chi connectivity index (χ0v) is 11.3. The van der Waals surface area contributed by atoms with E-state index < -0.39 is 5.97 Å². The Hall–Kier alpha value is -2.63. The van der Waals surface area contributed by atoms with Crippen molar-refractivity contribution in [1.82, 2.24) is 9.97 Å². The molecule has 0 radical (unpaired) electrons. The number of nitrogens with zero attached hydrogens (tertiary/aromatic N) is 2. The highest BCUT2D eigenvalue weighted by Crippen LogP contribution is 2.19. The maximum Gasteiger partial charge on any atom is 0.335 e. The van der Waals surface area contributed by atoms with Gasteiger partial charge in [0.2, 0.25) is 5.88 Å². The lowest BCUT2D eigenvalue weighted by molar-refractivity contribution is 0.0696. The van der Waals surface area contributed by atoms with E-state index in [0.29, 0.717) is 23.9 Å². The van der Waals surface area contributed by atoms with Crippen LogP contribution in [-0.4, -0.2) is 27.7 Å². The Kier molecular flexibility index (Phi) is 4.14. The van der Waals surface area contributed by atoms with Crippen LogP contribution in [0.4, 0.5) is 11.5 Å². The van der Waals surface area contributed by atoms with E-state index in [9.17, 15) is 4.79 Å². The van der Waals surface area contributed by atoms with Gasteiger partial charge in [-0.05, 0) is 37.6 Å².